The number of aryl methyl sites for hydroxylation is 2. The van der Waals surface area contributed by atoms with E-state index in [0.717, 1.165) is 64.5 Å². The average molecular weight is 423 g/mol. The predicted octanol–water partition coefficient (Wildman–Crippen LogP) is 5.39. The molecular weight excluding hydrogens is 396 g/mol. The van der Waals surface area contributed by atoms with Crippen LogP contribution in [0.15, 0.2) is 36.7 Å². The minimum absolute atomic E-state index is 0.163. The van der Waals surface area contributed by atoms with E-state index < -0.39 is 5.97 Å². The zero-order chi connectivity index (χ0) is 21.1. The van der Waals surface area contributed by atoms with Gasteiger partial charge in [0.25, 0.3) is 0 Å². The van der Waals surface area contributed by atoms with Gasteiger partial charge >= 0.3 is 5.97 Å². The Labute approximate surface area is 180 Å². The topological polar surface area (TPSA) is 88.0 Å². The van der Waals surface area contributed by atoms with Crippen LogP contribution in [0.5, 0.6) is 0 Å². The molecule has 3 aromatic rings. The molecule has 0 atom stereocenters. The first kappa shape index (κ1) is 20.5. The molecule has 0 unspecified atom stereocenters. The molecule has 30 heavy (non-hydrogen) atoms. The van der Waals surface area contributed by atoms with Gasteiger partial charge in [-0.15, -0.1) is 11.3 Å². The van der Waals surface area contributed by atoms with Crippen molar-refractivity contribution in [2.45, 2.75) is 46.0 Å². The number of hydrogen-bond acceptors (Lipinski definition) is 6. The number of thiazole rings is 1. The zero-order valence-electron chi connectivity index (χ0n) is 17.3. The van der Waals surface area contributed by atoms with Crippen LogP contribution in [0, 0.1) is 25.7 Å². The van der Waals surface area contributed by atoms with Crippen molar-refractivity contribution in [1.82, 2.24) is 15.0 Å². The number of anilines is 2. The van der Waals surface area contributed by atoms with Crippen LogP contribution in [0.25, 0.3) is 10.4 Å². The van der Waals surface area contributed by atoms with Crippen molar-refractivity contribution in [3.05, 3.63) is 52.9 Å². The van der Waals surface area contributed by atoms with Crippen LogP contribution in [-0.4, -0.2) is 26.0 Å². The van der Waals surface area contributed by atoms with Gasteiger partial charge in [0.1, 0.15) is 0 Å². The van der Waals surface area contributed by atoms with Gasteiger partial charge in [-0.05, 0) is 74.8 Å². The highest BCUT2D eigenvalue weighted by atomic mass is 32.1. The molecular formula is C23H26N4O2S. The standard InChI is InChI=1S/C23H26N4O2S/c1-14-9-18(12-19(10-14)27-23-24-8-7-15(2)26-23)20-13-25-21(30-20)11-16-3-5-17(6-4-16)22(28)29/h7-10,12-13,16-17H,3-6,11H2,1-2H3,(H,28,29)(H,24,26,27)/t16-,17-. The molecule has 4 rings (SSSR count). The van der Waals surface area contributed by atoms with E-state index in [1.54, 1.807) is 17.5 Å². The fraction of sp³-hybridized carbons (Fsp3) is 0.391. The Bertz CT molecular complexity index is 1040. The lowest BCUT2D eigenvalue weighted by Gasteiger charge is -2.25. The number of benzene rings is 1. The van der Waals surface area contributed by atoms with E-state index in [-0.39, 0.29) is 5.92 Å². The summed E-state index contributed by atoms with van der Waals surface area (Å²) in [5.41, 5.74) is 4.16. The smallest absolute Gasteiger partial charge is 0.306 e. The van der Waals surface area contributed by atoms with Gasteiger partial charge in [-0.3, -0.25) is 4.79 Å². The van der Waals surface area contributed by atoms with Crippen LogP contribution in [0.4, 0.5) is 11.6 Å². The number of carboxylic acid groups (broad SMARTS) is 1. The second-order valence-corrected chi connectivity index (χ2v) is 9.23. The number of aromatic nitrogens is 3. The molecule has 1 aromatic carbocycles. The van der Waals surface area contributed by atoms with E-state index in [0.29, 0.717) is 11.9 Å². The van der Waals surface area contributed by atoms with Gasteiger partial charge in [-0.25, -0.2) is 15.0 Å². The van der Waals surface area contributed by atoms with Gasteiger partial charge in [-0.1, -0.05) is 6.07 Å². The summed E-state index contributed by atoms with van der Waals surface area (Å²) in [5, 5.41) is 13.6. The van der Waals surface area contributed by atoms with Gasteiger partial charge in [-0.2, -0.15) is 0 Å². The molecule has 0 aliphatic heterocycles. The summed E-state index contributed by atoms with van der Waals surface area (Å²) < 4.78 is 0. The Kier molecular flexibility index (Phi) is 6.08. The zero-order valence-corrected chi connectivity index (χ0v) is 18.1. The lowest BCUT2D eigenvalue weighted by molar-refractivity contribution is -0.143. The third-order valence-electron chi connectivity index (χ3n) is 5.63. The summed E-state index contributed by atoms with van der Waals surface area (Å²) in [6, 6.07) is 8.23. The number of carboxylic acids is 1. The van der Waals surface area contributed by atoms with Crippen molar-refractivity contribution in [2.24, 2.45) is 11.8 Å². The number of carbonyl (C=O) groups is 1. The van der Waals surface area contributed by atoms with E-state index in [4.69, 9.17) is 0 Å². The maximum Gasteiger partial charge on any atom is 0.306 e. The lowest BCUT2D eigenvalue weighted by atomic mass is 9.81. The SMILES string of the molecule is Cc1cc(Nc2nccc(C)n2)cc(-c2cnc(C[C@H]3CC[C@H](C(=O)O)CC3)s2)c1. The number of nitrogens with one attached hydrogen (secondary N) is 1. The molecule has 0 saturated heterocycles. The third-order valence-corrected chi connectivity index (χ3v) is 6.69. The van der Waals surface area contributed by atoms with Crippen molar-refractivity contribution in [3.63, 3.8) is 0 Å². The van der Waals surface area contributed by atoms with Crippen molar-refractivity contribution < 1.29 is 9.90 Å². The monoisotopic (exact) mass is 422 g/mol. The Hall–Kier alpha value is -2.80. The molecule has 2 aromatic heterocycles. The molecule has 0 bridgehead atoms. The molecule has 2 N–H and O–H groups in total. The first-order valence-corrected chi connectivity index (χ1v) is 11.1. The van der Waals surface area contributed by atoms with Crippen molar-refractivity contribution >= 4 is 28.9 Å². The summed E-state index contributed by atoms with van der Waals surface area (Å²) in [4.78, 5) is 25.6. The van der Waals surface area contributed by atoms with Gasteiger partial charge in [0.05, 0.1) is 15.8 Å². The van der Waals surface area contributed by atoms with Crippen LogP contribution >= 0.6 is 11.3 Å². The fourth-order valence-corrected chi connectivity index (χ4v) is 5.05. The van der Waals surface area contributed by atoms with E-state index in [9.17, 15) is 9.90 Å². The van der Waals surface area contributed by atoms with Gasteiger partial charge in [0, 0.05) is 30.2 Å². The highest BCUT2D eigenvalue weighted by molar-refractivity contribution is 7.15. The maximum atomic E-state index is 11.1. The number of aliphatic carboxylic acids is 1. The normalized spacial score (nSPS) is 18.9. The number of rotatable bonds is 6. The molecule has 156 valence electrons. The Morgan fingerprint density at radius 1 is 1.17 bits per heavy atom. The maximum absolute atomic E-state index is 11.1. The third kappa shape index (κ3) is 5.02. The van der Waals surface area contributed by atoms with Crippen LogP contribution in [0.3, 0.4) is 0 Å². The summed E-state index contributed by atoms with van der Waals surface area (Å²) in [5.74, 6) is 0.315. The van der Waals surface area contributed by atoms with E-state index in [1.165, 1.54) is 0 Å². The van der Waals surface area contributed by atoms with Crippen LogP contribution in [0.1, 0.15) is 41.9 Å². The molecule has 0 spiro atoms. The summed E-state index contributed by atoms with van der Waals surface area (Å²) in [6.07, 6.45) is 8.15. The van der Waals surface area contributed by atoms with Crippen molar-refractivity contribution in [2.75, 3.05) is 5.32 Å². The van der Waals surface area contributed by atoms with Crippen LogP contribution in [0.2, 0.25) is 0 Å². The largest absolute Gasteiger partial charge is 0.481 e. The van der Waals surface area contributed by atoms with E-state index >= 15 is 0 Å². The average Bonchev–Trinajstić information content (AvgIpc) is 3.16. The second-order valence-electron chi connectivity index (χ2n) is 8.11. The summed E-state index contributed by atoms with van der Waals surface area (Å²) in [7, 11) is 0. The van der Waals surface area contributed by atoms with Crippen molar-refractivity contribution in [3.8, 4) is 10.4 Å². The minimum atomic E-state index is -0.648. The molecule has 0 radical (unpaired) electrons. The Morgan fingerprint density at radius 2 is 1.97 bits per heavy atom. The molecule has 1 aliphatic rings. The summed E-state index contributed by atoms with van der Waals surface area (Å²) in [6.45, 7) is 4.02. The van der Waals surface area contributed by atoms with Gasteiger partial charge < -0.3 is 10.4 Å². The number of hydrogen-bond donors (Lipinski definition) is 2. The van der Waals surface area contributed by atoms with E-state index in [2.05, 4.69) is 45.4 Å². The molecule has 7 heteroatoms. The second kappa shape index (κ2) is 8.92. The Balaban J connectivity index is 1.45. The molecule has 2 heterocycles. The number of nitrogens with zero attached hydrogens (tertiary/aromatic N) is 3. The highest BCUT2D eigenvalue weighted by Crippen LogP contribution is 2.35. The molecule has 6 nitrogen and oxygen atoms in total. The minimum Gasteiger partial charge on any atom is -0.481 e. The highest BCUT2D eigenvalue weighted by Gasteiger charge is 2.26. The van der Waals surface area contributed by atoms with Crippen LogP contribution in [-0.2, 0) is 11.2 Å². The van der Waals surface area contributed by atoms with Gasteiger partial charge in [0.15, 0.2) is 0 Å². The first-order chi connectivity index (χ1) is 14.5. The lowest BCUT2D eigenvalue weighted by Crippen LogP contribution is -2.22. The Morgan fingerprint density at radius 3 is 2.70 bits per heavy atom. The van der Waals surface area contributed by atoms with Gasteiger partial charge in [0.2, 0.25) is 5.95 Å². The summed E-state index contributed by atoms with van der Waals surface area (Å²) >= 11 is 1.73. The fourth-order valence-electron chi connectivity index (χ4n) is 4.03. The molecule has 0 amide bonds. The van der Waals surface area contributed by atoms with E-state index in [1.807, 2.05) is 19.2 Å². The first-order valence-electron chi connectivity index (χ1n) is 10.3. The predicted molar refractivity (Wildman–Crippen MR) is 119 cm³/mol. The quantitative estimate of drug-likeness (QED) is 0.553. The molecule has 1 saturated carbocycles. The van der Waals surface area contributed by atoms with Crippen molar-refractivity contribution in [1.29, 1.82) is 0 Å². The van der Waals surface area contributed by atoms with Crippen LogP contribution < -0.4 is 5.32 Å². The molecule has 1 fully saturated rings. The molecule has 1 aliphatic carbocycles.